The zero-order valence-corrected chi connectivity index (χ0v) is 27.4. The lowest BCUT2D eigenvalue weighted by atomic mass is 9.68. The highest BCUT2D eigenvalue weighted by molar-refractivity contribution is 5.90. The van der Waals surface area contributed by atoms with E-state index in [0.29, 0.717) is 23.3 Å². The van der Waals surface area contributed by atoms with Crippen LogP contribution >= 0.6 is 0 Å². The predicted molar refractivity (Wildman–Crippen MR) is 186 cm³/mol. The smallest absolute Gasteiger partial charge is 0.341 e. The van der Waals surface area contributed by atoms with E-state index in [2.05, 4.69) is 50.1 Å². The molecule has 2 fully saturated rings. The molecule has 0 heterocycles. The quantitative estimate of drug-likeness (QED) is 0.0928. The van der Waals surface area contributed by atoms with Gasteiger partial charge in [-0.3, -0.25) is 0 Å². The number of ether oxygens (including phenoxy) is 3. The van der Waals surface area contributed by atoms with Crippen molar-refractivity contribution in [3.05, 3.63) is 109 Å². The number of aliphatic hydroxyl groups is 1. The first-order valence-corrected chi connectivity index (χ1v) is 16.7. The molecule has 0 unspecified atom stereocenters. The molecule has 0 spiro atoms. The van der Waals surface area contributed by atoms with E-state index in [1.807, 2.05) is 30.3 Å². The largest absolute Gasteiger partial charge is 0.423 e. The number of allylic oxidation sites excluding steroid dienone is 1. The number of benzene rings is 3. The van der Waals surface area contributed by atoms with E-state index in [-0.39, 0.29) is 17.8 Å². The van der Waals surface area contributed by atoms with Crippen LogP contribution in [0, 0.1) is 17.8 Å². The van der Waals surface area contributed by atoms with Gasteiger partial charge in [0.2, 0.25) is 0 Å². The summed E-state index contributed by atoms with van der Waals surface area (Å²) in [4.78, 5) is 24.6. The summed E-state index contributed by atoms with van der Waals surface area (Å²) < 4.78 is 16.0. The first-order chi connectivity index (χ1) is 22.8. The summed E-state index contributed by atoms with van der Waals surface area (Å²) in [6.07, 6.45) is 11.9. The third-order valence-corrected chi connectivity index (χ3v) is 9.94. The van der Waals surface area contributed by atoms with Gasteiger partial charge in [-0.15, -0.1) is 6.58 Å². The fourth-order valence-corrected chi connectivity index (χ4v) is 7.17. The lowest BCUT2D eigenvalue weighted by Crippen LogP contribution is -2.25. The molecule has 0 atom stereocenters. The van der Waals surface area contributed by atoms with Crippen molar-refractivity contribution in [2.45, 2.75) is 57.3 Å². The highest BCUT2D eigenvalue weighted by Gasteiger charge is 2.31. The fourth-order valence-electron chi connectivity index (χ4n) is 7.17. The summed E-state index contributed by atoms with van der Waals surface area (Å²) in [6, 6.07) is 21.7. The van der Waals surface area contributed by atoms with Crippen molar-refractivity contribution in [3.63, 3.8) is 0 Å². The Morgan fingerprint density at radius 1 is 0.723 bits per heavy atom. The topological polar surface area (TPSA) is 82.1 Å². The second-order valence-corrected chi connectivity index (χ2v) is 13.0. The van der Waals surface area contributed by atoms with Crippen molar-refractivity contribution in [2.24, 2.45) is 17.8 Å². The average molecular weight is 635 g/mol. The van der Waals surface area contributed by atoms with E-state index in [9.17, 15) is 14.7 Å². The lowest BCUT2D eigenvalue weighted by molar-refractivity contribution is -0.131. The molecule has 6 nitrogen and oxygen atoms in total. The van der Waals surface area contributed by atoms with Gasteiger partial charge in [0.05, 0.1) is 24.4 Å². The Bertz CT molecular complexity index is 1570. The third kappa shape index (κ3) is 8.56. The molecular weight excluding hydrogens is 588 g/mol. The van der Waals surface area contributed by atoms with E-state index in [4.69, 9.17) is 14.2 Å². The van der Waals surface area contributed by atoms with Crippen LogP contribution in [0.15, 0.2) is 104 Å². The van der Waals surface area contributed by atoms with Crippen LogP contribution in [-0.2, 0) is 14.3 Å². The predicted octanol–water partition coefficient (Wildman–Crippen LogP) is 8.85. The SMILES string of the molecule is C=CC1CCC(C2CCC(c3cc(OC(=O)C(=C)CO)ccc3-c3ccc(-c4ccc(OC(=O)C(=C)COC)cc4)cc3)CC2)CC1. The number of carbonyl (C=O) groups is 2. The van der Waals surface area contributed by atoms with E-state index in [1.54, 1.807) is 12.1 Å². The highest BCUT2D eigenvalue weighted by atomic mass is 16.5. The highest BCUT2D eigenvalue weighted by Crippen LogP contribution is 2.46. The van der Waals surface area contributed by atoms with Gasteiger partial charge in [-0.05, 0) is 127 Å². The van der Waals surface area contributed by atoms with Gasteiger partial charge in [-0.2, -0.15) is 0 Å². The van der Waals surface area contributed by atoms with Crippen molar-refractivity contribution in [1.29, 1.82) is 0 Å². The first-order valence-electron chi connectivity index (χ1n) is 16.7. The Hall–Kier alpha value is -4.26. The third-order valence-electron chi connectivity index (χ3n) is 9.94. The van der Waals surface area contributed by atoms with Crippen LogP contribution in [0.5, 0.6) is 11.5 Å². The number of hydrogen-bond donors (Lipinski definition) is 1. The van der Waals surface area contributed by atoms with Crippen LogP contribution in [-0.4, -0.2) is 37.4 Å². The number of rotatable bonds is 12. The van der Waals surface area contributed by atoms with Crippen LogP contribution in [0.3, 0.4) is 0 Å². The Morgan fingerprint density at radius 3 is 1.81 bits per heavy atom. The lowest BCUT2D eigenvalue weighted by Gasteiger charge is -2.38. The average Bonchev–Trinajstić information content (AvgIpc) is 3.12. The minimum Gasteiger partial charge on any atom is -0.423 e. The summed E-state index contributed by atoms with van der Waals surface area (Å²) in [6.45, 7) is 11.0. The summed E-state index contributed by atoms with van der Waals surface area (Å²) in [5, 5.41) is 9.35. The Morgan fingerprint density at radius 2 is 1.23 bits per heavy atom. The summed E-state index contributed by atoms with van der Waals surface area (Å²) in [5.41, 5.74) is 5.73. The Labute approximate surface area is 278 Å². The van der Waals surface area contributed by atoms with Crippen LogP contribution < -0.4 is 9.47 Å². The van der Waals surface area contributed by atoms with E-state index >= 15 is 0 Å². The van der Waals surface area contributed by atoms with E-state index in [1.165, 1.54) is 51.2 Å². The molecule has 3 aromatic carbocycles. The molecule has 0 aromatic heterocycles. The van der Waals surface area contributed by atoms with Gasteiger partial charge in [0.15, 0.2) is 0 Å². The normalized spacial score (nSPS) is 21.0. The van der Waals surface area contributed by atoms with Crippen LogP contribution in [0.1, 0.15) is 62.8 Å². The zero-order chi connectivity index (χ0) is 33.3. The number of carbonyl (C=O) groups excluding carboxylic acids is 2. The van der Waals surface area contributed by atoms with Gasteiger partial charge < -0.3 is 19.3 Å². The Kier molecular flexibility index (Phi) is 11.6. The molecule has 6 heteroatoms. The number of methoxy groups -OCH3 is 1. The van der Waals surface area contributed by atoms with Gasteiger partial charge in [0, 0.05) is 7.11 Å². The Balaban J connectivity index is 1.33. The van der Waals surface area contributed by atoms with Crippen LogP contribution in [0.2, 0.25) is 0 Å². The molecule has 2 aliphatic carbocycles. The zero-order valence-electron chi connectivity index (χ0n) is 27.4. The minimum absolute atomic E-state index is 0.0284. The monoisotopic (exact) mass is 634 g/mol. The molecule has 0 bridgehead atoms. The van der Waals surface area contributed by atoms with Crippen LogP contribution in [0.4, 0.5) is 0 Å². The first kappa shape index (κ1) is 34.1. The molecule has 47 heavy (non-hydrogen) atoms. The van der Waals surface area contributed by atoms with Gasteiger partial charge >= 0.3 is 11.9 Å². The molecule has 0 radical (unpaired) electrons. The van der Waals surface area contributed by atoms with E-state index in [0.717, 1.165) is 46.9 Å². The standard InChI is InChI=1S/C41H46O6/c1-5-29-6-8-30(9-7-29)31-12-16-35(17-13-31)39-24-37(47-40(43)27(2)25-42)22-23-38(39)34-14-10-32(11-15-34)33-18-20-36(21-19-33)46-41(44)28(3)26-45-4/h5,10-11,14-15,18-24,29-31,35,42H,1-3,6-9,12-13,16-17,25-26H2,4H3. The van der Waals surface area contributed by atoms with Crippen molar-refractivity contribution in [3.8, 4) is 33.8 Å². The second kappa shape index (κ2) is 16.0. The summed E-state index contributed by atoms with van der Waals surface area (Å²) in [7, 11) is 1.51. The molecule has 3 aromatic rings. The molecule has 0 amide bonds. The molecule has 246 valence electrons. The number of esters is 2. The van der Waals surface area contributed by atoms with Crippen molar-refractivity contribution in [1.82, 2.24) is 0 Å². The molecule has 0 aliphatic heterocycles. The number of hydrogen-bond acceptors (Lipinski definition) is 6. The second-order valence-electron chi connectivity index (χ2n) is 13.0. The molecule has 0 saturated heterocycles. The van der Waals surface area contributed by atoms with Crippen molar-refractivity contribution in [2.75, 3.05) is 20.3 Å². The van der Waals surface area contributed by atoms with Crippen molar-refractivity contribution >= 4 is 11.9 Å². The molecule has 5 rings (SSSR count). The van der Waals surface area contributed by atoms with Crippen molar-refractivity contribution < 1.29 is 28.9 Å². The van der Waals surface area contributed by atoms with E-state index < -0.39 is 18.5 Å². The maximum absolute atomic E-state index is 12.4. The van der Waals surface area contributed by atoms with Crippen LogP contribution in [0.25, 0.3) is 22.3 Å². The maximum atomic E-state index is 12.4. The fraction of sp³-hybridized carbons (Fsp3) is 0.366. The summed E-state index contributed by atoms with van der Waals surface area (Å²) >= 11 is 0. The molecule has 2 saturated carbocycles. The van der Waals surface area contributed by atoms with Gasteiger partial charge in [-0.25, -0.2) is 9.59 Å². The van der Waals surface area contributed by atoms with Gasteiger partial charge in [0.25, 0.3) is 0 Å². The maximum Gasteiger partial charge on any atom is 0.341 e. The van der Waals surface area contributed by atoms with Gasteiger partial charge in [0.1, 0.15) is 11.5 Å². The molecular formula is C41H46O6. The number of aliphatic hydroxyl groups excluding tert-OH is 1. The minimum atomic E-state index is -0.616. The molecule has 1 N–H and O–H groups in total. The summed E-state index contributed by atoms with van der Waals surface area (Å²) in [5.74, 6) is 2.41. The van der Waals surface area contributed by atoms with Gasteiger partial charge in [-0.1, -0.05) is 61.7 Å². The molecule has 2 aliphatic rings.